The lowest BCUT2D eigenvalue weighted by molar-refractivity contribution is -0.119. The van der Waals surface area contributed by atoms with Crippen LogP contribution in [0.1, 0.15) is 21.5 Å². The molecule has 1 fully saturated rings. The van der Waals surface area contributed by atoms with Gasteiger partial charge in [-0.05, 0) is 61.0 Å². The summed E-state index contributed by atoms with van der Waals surface area (Å²) < 4.78 is 10.6. The summed E-state index contributed by atoms with van der Waals surface area (Å²) in [6.07, 6.45) is 1.69. The number of thiocarbonyl (C=S) groups is 1. The van der Waals surface area contributed by atoms with E-state index in [9.17, 15) is 14.4 Å². The number of anilines is 2. The molecule has 3 aromatic carbocycles. The number of rotatable bonds is 7. The van der Waals surface area contributed by atoms with Gasteiger partial charge >= 0.3 is 5.97 Å². The van der Waals surface area contributed by atoms with Crippen LogP contribution in [0, 0.1) is 6.92 Å². The summed E-state index contributed by atoms with van der Waals surface area (Å²) in [6.45, 7) is 1.54. The zero-order valence-corrected chi connectivity index (χ0v) is 22.2. The Balaban J connectivity index is 1.37. The number of carbonyl (C=O) groups excluding carboxylic acids is 3. The smallest absolute Gasteiger partial charge is 0.338 e. The van der Waals surface area contributed by atoms with Crippen molar-refractivity contribution in [1.82, 2.24) is 0 Å². The number of halogens is 1. The quantitative estimate of drug-likeness (QED) is 0.223. The molecule has 37 heavy (non-hydrogen) atoms. The van der Waals surface area contributed by atoms with Crippen molar-refractivity contribution in [2.75, 3.05) is 23.9 Å². The maximum absolute atomic E-state index is 13.0. The molecule has 7 nitrogen and oxygen atoms in total. The van der Waals surface area contributed by atoms with Gasteiger partial charge in [0.25, 0.3) is 11.8 Å². The largest absolute Gasteiger partial charge is 0.495 e. The van der Waals surface area contributed by atoms with E-state index in [0.717, 1.165) is 5.56 Å². The van der Waals surface area contributed by atoms with Crippen LogP contribution >= 0.6 is 35.6 Å². The molecular weight excluding hydrogens is 532 g/mol. The molecule has 0 bridgehead atoms. The number of hydrogen-bond acceptors (Lipinski definition) is 7. The van der Waals surface area contributed by atoms with Gasteiger partial charge in [-0.3, -0.25) is 14.5 Å². The van der Waals surface area contributed by atoms with Gasteiger partial charge in [0.15, 0.2) is 10.9 Å². The molecule has 0 saturated carbocycles. The summed E-state index contributed by atoms with van der Waals surface area (Å²) in [5.41, 5.74) is 3.21. The number of amides is 2. The van der Waals surface area contributed by atoms with E-state index >= 15 is 0 Å². The first kappa shape index (κ1) is 26.4. The average Bonchev–Trinajstić information content (AvgIpc) is 3.16. The van der Waals surface area contributed by atoms with E-state index in [1.165, 1.54) is 23.8 Å². The maximum Gasteiger partial charge on any atom is 0.338 e. The predicted molar refractivity (Wildman–Crippen MR) is 150 cm³/mol. The Morgan fingerprint density at radius 1 is 1.08 bits per heavy atom. The highest BCUT2D eigenvalue weighted by Gasteiger charge is 2.33. The molecule has 1 aliphatic rings. The Kier molecular flexibility index (Phi) is 8.27. The van der Waals surface area contributed by atoms with Crippen LogP contribution in [0.25, 0.3) is 6.08 Å². The van der Waals surface area contributed by atoms with Crippen LogP contribution in [0.3, 0.4) is 0 Å². The molecule has 0 spiro atoms. The van der Waals surface area contributed by atoms with Gasteiger partial charge in [-0.25, -0.2) is 4.79 Å². The minimum Gasteiger partial charge on any atom is -0.495 e. The summed E-state index contributed by atoms with van der Waals surface area (Å²) in [6, 6.07) is 18.8. The zero-order valence-electron chi connectivity index (χ0n) is 19.8. The van der Waals surface area contributed by atoms with Crippen molar-refractivity contribution in [2.24, 2.45) is 0 Å². The maximum atomic E-state index is 13.0. The standard InChI is InChI=1S/C27H21ClN2O5S2/c1-16-3-9-19(10-4-16)29-24(31)15-35-26(33)18-7-5-17(6-8-18)13-23-25(32)30(27(36)37-23)20-11-12-22(34-2)21(28)14-20/h3-14H,15H2,1-2H3,(H,29,31)/b23-13-. The van der Waals surface area contributed by atoms with E-state index in [2.05, 4.69) is 5.32 Å². The number of hydrogen-bond donors (Lipinski definition) is 1. The molecule has 0 radical (unpaired) electrons. The first-order valence-corrected chi connectivity index (χ1v) is 12.6. The number of aryl methyl sites for hydroxylation is 1. The highest BCUT2D eigenvalue weighted by atomic mass is 35.5. The lowest BCUT2D eigenvalue weighted by Crippen LogP contribution is -2.27. The molecule has 1 saturated heterocycles. The highest BCUT2D eigenvalue weighted by molar-refractivity contribution is 8.27. The van der Waals surface area contributed by atoms with Crippen LogP contribution in [0.5, 0.6) is 5.75 Å². The molecule has 1 aliphatic heterocycles. The molecular formula is C27H21ClN2O5S2. The van der Waals surface area contributed by atoms with Crippen LogP contribution in [-0.4, -0.2) is 35.8 Å². The molecule has 3 aromatic rings. The number of thioether (sulfide) groups is 1. The number of carbonyl (C=O) groups is 3. The van der Waals surface area contributed by atoms with E-state index < -0.39 is 18.5 Å². The van der Waals surface area contributed by atoms with Crippen LogP contribution in [0.4, 0.5) is 11.4 Å². The molecule has 10 heteroatoms. The summed E-state index contributed by atoms with van der Waals surface area (Å²) in [7, 11) is 1.51. The van der Waals surface area contributed by atoms with Gasteiger partial charge in [-0.1, -0.05) is 65.4 Å². The average molecular weight is 553 g/mol. The van der Waals surface area contributed by atoms with Gasteiger partial charge < -0.3 is 14.8 Å². The van der Waals surface area contributed by atoms with Gasteiger partial charge in [0.05, 0.1) is 28.3 Å². The summed E-state index contributed by atoms with van der Waals surface area (Å²) >= 11 is 12.8. The third-order valence-electron chi connectivity index (χ3n) is 5.30. The normalized spacial score (nSPS) is 14.1. The number of ether oxygens (including phenoxy) is 2. The molecule has 0 aromatic heterocycles. The van der Waals surface area contributed by atoms with E-state index in [-0.39, 0.29) is 11.5 Å². The van der Waals surface area contributed by atoms with Gasteiger partial charge in [0.1, 0.15) is 5.75 Å². The van der Waals surface area contributed by atoms with E-state index in [1.54, 1.807) is 60.7 Å². The van der Waals surface area contributed by atoms with Gasteiger partial charge in [-0.15, -0.1) is 0 Å². The topological polar surface area (TPSA) is 84.9 Å². The van der Waals surface area contributed by atoms with Crippen molar-refractivity contribution < 1.29 is 23.9 Å². The molecule has 4 rings (SSSR count). The van der Waals surface area contributed by atoms with Gasteiger partial charge in [-0.2, -0.15) is 0 Å². The Morgan fingerprint density at radius 2 is 1.78 bits per heavy atom. The number of nitrogens with one attached hydrogen (secondary N) is 1. The van der Waals surface area contributed by atoms with E-state index in [0.29, 0.717) is 36.9 Å². The molecule has 1 N–H and O–H groups in total. The number of nitrogens with zero attached hydrogens (tertiary/aromatic N) is 1. The zero-order chi connectivity index (χ0) is 26.5. The van der Waals surface area contributed by atoms with Crippen molar-refractivity contribution in [3.8, 4) is 5.75 Å². The summed E-state index contributed by atoms with van der Waals surface area (Å²) in [4.78, 5) is 39.3. The molecule has 2 amide bonds. The third kappa shape index (κ3) is 6.37. The molecule has 0 aliphatic carbocycles. The lowest BCUT2D eigenvalue weighted by Gasteiger charge is -2.15. The number of benzene rings is 3. The third-order valence-corrected chi connectivity index (χ3v) is 6.90. The Labute approximate surface area is 228 Å². The van der Waals surface area contributed by atoms with Crippen LogP contribution < -0.4 is 15.0 Å². The fourth-order valence-electron chi connectivity index (χ4n) is 3.40. The second-order valence-electron chi connectivity index (χ2n) is 7.95. The monoisotopic (exact) mass is 552 g/mol. The molecule has 188 valence electrons. The highest BCUT2D eigenvalue weighted by Crippen LogP contribution is 2.38. The Morgan fingerprint density at radius 3 is 2.43 bits per heavy atom. The van der Waals surface area contributed by atoms with Crippen molar-refractivity contribution in [3.05, 3.63) is 93.3 Å². The molecule has 0 unspecified atom stereocenters. The van der Waals surface area contributed by atoms with Crippen molar-refractivity contribution in [1.29, 1.82) is 0 Å². The number of esters is 1. The minimum atomic E-state index is -0.631. The van der Waals surface area contributed by atoms with Crippen LogP contribution in [0.2, 0.25) is 5.02 Å². The van der Waals surface area contributed by atoms with Crippen molar-refractivity contribution >= 4 is 75.1 Å². The number of methoxy groups -OCH3 is 1. The fourth-order valence-corrected chi connectivity index (χ4v) is 4.95. The second-order valence-corrected chi connectivity index (χ2v) is 10.0. The van der Waals surface area contributed by atoms with Gasteiger partial charge in [0.2, 0.25) is 0 Å². The van der Waals surface area contributed by atoms with Gasteiger partial charge in [0, 0.05) is 5.69 Å². The lowest BCUT2D eigenvalue weighted by atomic mass is 10.1. The summed E-state index contributed by atoms with van der Waals surface area (Å²) in [5.74, 6) is -0.849. The Hall–Kier alpha value is -3.66. The minimum absolute atomic E-state index is 0.278. The van der Waals surface area contributed by atoms with E-state index in [4.69, 9.17) is 33.3 Å². The molecule has 0 atom stereocenters. The van der Waals surface area contributed by atoms with Crippen LogP contribution in [0.15, 0.2) is 71.6 Å². The SMILES string of the molecule is COc1ccc(N2C(=O)/C(=C/c3ccc(C(=O)OCC(=O)Nc4ccc(C)cc4)cc3)SC2=S)cc1Cl. The fraction of sp³-hybridized carbons (Fsp3) is 0.111. The van der Waals surface area contributed by atoms with Crippen molar-refractivity contribution in [2.45, 2.75) is 6.92 Å². The predicted octanol–water partition coefficient (Wildman–Crippen LogP) is 5.86. The second kappa shape index (κ2) is 11.6. The van der Waals surface area contributed by atoms with Crippen molar-refractivity contribution in [3.63, 3.8) is 0 Å². The molecule has 1 heterocycles. The Bertz CT molecular complexity index is 1410. The first-order chi connectivity index (χ1) is 17.7. The van der Waals surface area contributed by atoms with E-state index in [1.807, 2.05) is 19.1 Å². The van der Waals surface area contributed by atoms with Crippen LogP contribution in [-0.2, 0) is 14.3 Å². The summed E-state index contributed by atoms with van der Waals surface area (Å²) in [5, 5.41) is 3.04. The first-order valence-electron chi connectivity index (χ1n) is 11.0.